The van der Waals surface area contributed by atoms with Crippen LogP contribution in [0.4, 0.5) is 4.79 Å². The molecule has 164 valence electrons. The molecular formula is C22H33N5O3. The highest BCUT2D eigenvalue weighted by Crippen LogP contribution is 2.59. The molecule has 1 unspecified atom stereocenters. The van der Waals surface area contributed by atoms with Gasteiger partial charge in [0.05, 0.1) is 5.41 Å². The zero-order chi connectivity index (χ0) is 21.1. The molecule has 2 amide bonds. The van der Waals surface area contributed by atoms with Crippen LogP contribution < -0.4 is 10.6 Å². The molecule has 3 aliphatic heterocycles. The molecular weight excluding hydrogens is 382 g/mol. The van der Waals surface area contributed by atoms with Crippen LogP contribution in [0.15, 0.2) is 16.5 Å². The predicted molar refractivity (Wildman–Crippen MR) is 113 cm³/mol. The second-order valence-corrected chi connectivity index (χ2v) is 9.85. The molecule has 3 N–H and O–H groups in total. The number of aliphatic carboxylic acids is 1. The van der Waals surface area contributed by atoms with E-state index in [0.717, 1.165) is 75.1 Å². The lowest BCUT2D eigenvalue weighted by Gasteiger charge is -2.53. The number of nitrogens with zero attached hydrogens (tertiary/aromatic N) is 3. The summed E-state index contributed by atoms with van der Waals surface area (Å²) in [7, 11) is 0. The molecule has 0 aromatic rings. The largest absolute Gasteiger partial charge is 0.481 e. The fraction of sp³-hybridized carbons (Fsp3) is 0.773. The number of hydrogen-bond donors (Lipinski definition) is 3. The van der Waals surface area contributed by atoms with E-state index in [4.69, 9.17) is 4.99 Å². The lowest BCUT2D eigenvalue weighted by Crippen LogP contribution is -2.53. The van der Waals surface area contributed by atoms with Gasteiger partial charge in [-0.1, -0.05) is 20.3 Å². The van der Waals surface area contributed by atoms with Gasteiger partial charge in [0.2, 0.25) is 0 Å². The number of hydrogen-bond acceptors (Lipinski definition) is 5. The molecule has 2 bridgehead atoms. The summed E-state index contributed by atoms with van der Waals surface area (Å²) in [5, 5.41) is 17.0. The number of aliphatic imine (C=N–C) groups is 1. The van der Waals surface area contributed by atoms with Crippen LogP contribution in [0.1, 0.15) is 71.6 Å². The molecule has 0 aromatic heterocycles. The van der Waals surface area contributed by atoms with Gasteiger partial charge in [0.15, 0.2) is 5.84 Å². The molecule has 1 saturated heterocycles. The van der Waals surface area contributed by atoms with E-state index >= 15 is 0 Å². The lowest BCUT2D eigenvalue weighted by atomic mass is 9.53. The van der Waals surface area contributed by atoms with Gasteiger partial charge < -0.3 is 15.7 Å². The van der Waals surface area contributed by atoms with Crippen LogP contribution in [0.5, 0.6) is 0 Å². The van der Waals surface area contributed by atoms with Crippen molar-refractivity contribution < 1.29 is 14.7 Å². The normalized spacial score (nSPS) is 37.0. The first-order chi connectivity index (χ1) is 14.4. The van der Waals surface area contributed by atoms with E-state index in [9.17, 15) is 14.7 Å². The number of nitrogens with one attached hydrogen (secondary N) is 2. The van der Waals surface area contributed by atoms with Gasteiger partial charge in [-0.05, 0) is 51.4 Å². The Labute approximate surface area is 177 Å². The molecule has 8 heteroatoms. The van der Waals surface area contributed by atoms with E-state index in [1.54, 1.807) is 0 Å². The van der Waals surface area contributed by atoms with Crippen molar-refractivity contribution in [3.05, 3.63) is 11.5 Å². The fourth-order valence-corrected chi connectivity index (χ4v) is 6.22. The van der Waals surface area contributed by atoms with Crippen LogP contribution in [0.3, 0.4) is 0 Å². The molecule has 4 fully saturated rings. The summed E-state index contributed by atoms with van der Waals surface area (Å²) in [5.74, 6) is 1.03. The van der Waals surface area contributed by atoms with Crippen LogP contribution in [0.25, 0.3) is 0 Å². The maximum absolute atomic E-state index is 13.3. The van der Waals surface area contributed by atoms with Crippen molar-refractivity contribution in [1.29, 1.82) is 0 Å². The molecule has 2 atom stereocenters. The molecule has 8 nitrogen and oxygen atoms in total. The predicted octanol–water partition coefficient (Wildman–Crippen LogP) is 2.83. The molecule has 3 heterocycles. The summed E-state index contributed by atoms with van der Waals surface area (Å²) >= 11 is 0. The second kappa shape index (κ2) is 6.89. The van der Waals surface area contributed by atoms with Crippen molar-refractivity contribution in [2.24, 2.45) is 15.8 Å². The van der Waals surface area contributed by atoms with Gasteiger partial charge >= 0.3 is 12.0 Å². The standard InChI is InChI=1S/C22H33N5O3/c1-3-5-14-13-27-16(23-14)15-17(26(12-4-2)20(27)30)25-18(24-15)21-6-9-22(10-7-21,11-8-21)19(28)29/h14,18,23-24H,3-13H2,1-2H3,(H,28,29)/t14-,18?,21?,22?/m1/s1. The lowest BCUT2D eigenvalue weighted by molar-refractivity contribution is -0.159. The van der Waals surface area contributed by atoms with Crippen LogP contribution >= 0.6 is 0 Å². The summed E-state index contributed by atoms with van der Waals surface area (Å²) < 4.78 is 0. The average Bonchev–Trinajstić information content (AvgIpc) is 3.38. The van der Waals surface area contributed by atoms with Crippen molar-refractivity contribution in [1.82, 2.24) is 20.4 Å². The van der Waals surface area contributed by atoms with E-state index in [0.29, 0.717) is 13.1 Å². The van der Waals surface area contributed by atoms with Crippen molar-refractivity contribution in [3.8, 4) is 0 Å². The number of carbonyl (C=O) groups excluding carboxylic acids is 1. The summed E-state index contributed by atoms with van der Waals surface area (Å²) in [4.78, 5) is 33.9. The highest BCUT2D eigenvalue weighted by Gasteiger charge is 2.57. The average molecular weight is 416 g/mol. The zero-order valence-corrected chi connectivity index (χ0v) is 18.0. The first-order valence-electron chi connectivity index (χ1n) is 11.6. The zero-order valence-electron chi connectivity index (χ0n) is 18.0. The van der Waals surface area contributed by atoms with Crippen molar-refractivity contribution in [2.75, 3.05) is 13.1 Å². The Morgan fingerprint density at radius 3 is 2.43 bits per heavy atom. The van der Waals surface area contributed by atoms with E-state index in [2.05, 4.69) is 24.5 Å². The van der Waals surface area contributed by atoms with Crippen molar-refractivity contribution in [2.45, 2.75) is 83.8 Å². The number of amidine groups is 1. The highest BCUT2D eigenvalue weighted by atomic mass is 16.4. The molecule has 6 aliphatic rings. The molecule has 0 radical (unpaired) electrons. The Morgan fingerprint density at radius 1 is 1.13 bits per heavy atom. The van der Waals surface area contributed by atoms with Gasteiger partial charge in [-0.15, -0.1) is 0 Å². The number of carboxylic acid groups (broad SMARTS) is 1. The smallest absolute Gasteiger partial charge is 0.331 e. The number of amides is 2. The first kappa shape index (κ1) is 19.7. The number of carboxylic acids is 1. The number of urea groups is 1. The van der Waals surface area contributed by atoms with Gasteiger partial charge in [0.25, 0.3) is 0 Å². The second-order valence-electron chi connectivity index (χ2n) is 9.85. The molecule has 3 saturated carbocycles. The van der Waals surface area contributed by atoms with E-state index in [1.165, 1.54) is 0 Å². The maximum atomic E-state index is 13.3. The van der Waals surface area contributed by atoms with E-state index in [-0.39, 0.29) is 23.7 Å². The molecule has 3 aliphatic carbocycles. The van der Waals surface area contributed by atoms with Gasteiger partial charge in [-0.2, -0.15) is 0 Å². The Morgan fingerprint density at radius 2 is 1.83 bits per heavy atom. The fourth-order valence-electron chi connectivity index (χ4n) is 6.22. The molecule has 6 rings (SSSR count). The minimum absolute atomic E-state index is 0.0116. The Balaban J connectivity index is 1.46. The summed E-state index contributed by atoms with van der Waals surface area (Å²) in [5.41, 5.74) is 0.424. The number of rotatable bonds is 6. The van der Waals surface area contributed by atoms with Crippen LogP contribution in [0, 0.1) is 10.8 Å². The monoisotopic (exact) mass is 415 g/mol. The maximum Gasteiger partial charge on any atom is 0.331 e. The van der Waals surface area contributed by atoms with Crippen LogP contribution in [-0.2, 0) is 4.79 Å². The SMILES string of the molecule is CCC[C@@H]1CN2C(=O)N(CCC)C3=NC(C45CCC(C(=O)O)(CC4)CC5)NC3=C2N1. The van der Waals surface area contributed by atoms with Gasteiger partial charge in [0, 0.05) is 24.5 Å². The van der Waals surface area contributed by atoms with Crippen LogP contribution in [0.2, 0.25) is 0 Å². The number of carbonyl (C=O) groups is 2. The first-order valence-corrected chi connectivity index (χ1v) is 11.6. The third-order valence-corrected chi connectivity index (χ3v) is 8.15. The van der Waals surface area contributed by atoms with E-state index in [1.807, 2.05) is 9.80 Å². The van der Waals surface area contributed by atoms with Crippen molar-refractivity contribution >= 4 is 17.8 Å². The third kappa shape index (κ3) is 2.68. The van der Waals surface area contributed by atoms with Crippen LogP contribution in [-0.4, -0.2) is 58.0 Å². The number of fused-ring (bicyclic) bond motifs is 5. The van der Waals surface area contributed by atoms with Gasteiger partial charge in [-0.25, -0.2) is 9.79 Å². The Bertz CT molecular complexity index is 810. The summed E-state index contributed by atoms with van der Waals surface area (Å²) in [6.45, 7) is 5.62. The highest BCUT2D eigenvalue weighted by molar-refractivity contribution is 6.11. The minimum atomic E-state index is -0.632. The molecule has 30 heavy (non-hydrogen) atoms. The van der Waals surface area contributed by atoms with Crippen molar-refractivity contribution in [3.63, 3.8) is 0 Å². The Hall–Kier alpha value is -2.25. The quantitative estimate of drug-likeness (QED) is 0.620. The van der Waals surface area contributed by atoms with Gasteiger partial charge in [-0.3, -0.25) is 14.6 Å². The molecule has 0 aromatic carbocycles. The minimum Gasteiger partial charge on any atom is -0.481 e. The van der Waals surface area contributed by atoms with Gasteiger partial charge in [0.1, 0.15) is 17.7 Å². The topological polar surface area (TPSA) is 97.3 Å². The molecule has 0 spiro atoms. The third-order valence-electron chi connectivity index (χ3n) is 8.15. The Kier molecular flexibility index (Phi) is 4.52. The van der Waals surface area contributed by atoms with E-state index < -0.39 is 11.4 Å². The summed E-state index contributed by atoms with van der Waals surface area (Å²) in [6.07, 6.45) is 7.76. The summed E-state index contributed by atoms with van der Waals surface area (Å²) in [6, 6.07) is 0.307.